The molecule has 22 heavy (non-hydrogen) atoms. The van der Waals surface area contributed by atoms with E-state index in [1.165, 1.54) is 0 Å². The van der Waals surface area contributed by atoms with Crippen molar-refractivity contribution in [2.75, 3.05) is 14.2 Å². The van der Waals surface area contributed by atoms with Gasteiger partial charge in [-0.3, -0.25) is 0 Å². The first-order valence-corrected chi connectivity index (χ1v) is 7.48. The Morgan fingerprint density at radius 3 is 2.23 bits per heavy atom. The highest BCUT2D eigenvalue weighted by Gasteiger charge is 2.09. The topological polar surface area (TPSA) is 42.2 Å². The second kappa shape index (κ2) is 7.15. The second-order valence-electron chi connectivity index (χ2n) is 4.74. The molecule has 0 aliphatic rings. The maximum Gasteiger partial charge on any atom is 0.161 e. The van der Waals surface area contributed by atoms with Crippen molar-refractivity contribution < 1.29 is 9.47 Å². The summed E-state index contributed by atoms with van der Waals surface area (Å²) in [6.07, 6.45) is 1.86. The molecule has 2 aromatic rings. The zero-order chi connectivity index (χ0) is 16.1. The predicted molar refractivity (Wildman–Crippen MR) is 91.9 cm³/mol. The third-order valence-electron chi connectivity index (χ3n) is 3.35. The van der Waals surface area contributed by atoms with Crippen molar-refractivity contribution in [3.05, 3.63) is 57.6 Å². The quantitative estimate of drug-likeness (QED) is 0.580. The van der Waals surface area contributed by atoms with Gasteiger partial charge < -0.3 is 9.47 Å². The van der Waals surface area contributed by atoms with Crippen LogP contribution in [0.15, 0.2) is 40.9 Å². The van der Waals surface area contributed by atoms with Crippen molar-refractivity contribution in [1.29, 1.82) is 5.26 Å². The van der Waals surface area contributed by atoms with Gasteiger partial charge in [0.05, 0.1) is 25.9 Å². The van der Waals surface area contributed by atoms with E-state index in [-0.39, 0.29) is 0 Å². The van der Waals surface area contributed by atoms with Gasteiger partial charge in [0.1, 0.15) is 0 Å². The molecule has 112 valence electrons. The Morgan fingerprint density at radius 2 is 1.68 bits per heavy atom. The molecule has 2 rings (SSSR count). The minimum absolute atomic E-state index is 0.600. The molecular formula is C18H16BrNO2. The van der Waals surface area contributed by atoms with E-state index in [1.54, 1.807) is 14.2 Å². The summed E-state index contributed by atoms with van der Waals surface area (Å²) in [6, 6.07) is 13.7. The minimum Gasteiger partial charge on any atom is -0.493 e. The van der Waals surface area contributed by atoms with Gasteiger partial charge in [-0.15, -0.1) is 0 Å². The van der Waals surface area contributed by atoms with Crippen LogP contribution in [-0.2, 0) is 0 Å². The molecule has 0 atom stereocenters. The number of methoxy groups -OCH3 is 2. The summed E-state index contributed by atoms with van der Waals surface area (Å²) in [4.78, 5) is 0. The van der Waals surface area contributed by atoms with E-state index in [2.05, 4.69) is 22.0 Å². The van der Waals surface area contributed by atoms with Crippen LogP contribution in [0.1, 0.15) is 16.7 Å². The number of hydrogen-bond donors (Lipinski definition) is 0. The monoisotopic (exact) mass is 357 g/mol. The van der Waals surface area contributed by atoms with Crippen LogP contribution in [0.5, 0.6) is 11.5 Å². The van der Waals surface area contributed by atoms with Crippen molar-refractivity contribution in [3.63, 3.8) is 0 Å². The Labute approximate surface area is 138 Å². The van der Waals surface area contributed by atoms with E-state index in [4.69, 9.17) is 9.47 Å². The number of nitrogens with zero attached hydrogens (tertiary/aromatic N) is 1. The smallest absolute Gasteiger partial charge is 0.161 e. The molecule has 0 N–H and O–H groups in total. The van der Waals surface area contributed by atoms with Crippen molar-refractivity contribution >= 4 is 27.6 Å². The molecule has 0 spiro atoms. The van der Waals surface area contributed by atoms with Crippen LogP contribution in [0.2, 0.25) is 0 Å². The third kappa shape index (κ3) is 3.49. The lowest BCUT2D eigenvalue weighted by Gasteiger charge is -2.11. The predicted octanol–water partition coefficient (Wildman–Crippen LogP) is 4.84. The highest BCUT2D eigenvalue weighted by atomic mass is 79.9. The summed E-state index contributed by atoms with van der Waals surface area (Å²) >= 11 is 3.40. The Morgan fingerprint density at radius 1 is 1.09 bits per heavy atom. The summed E-state index contributed by atoms with van der Waals surface area (Å²) in [5.41, 5.74) is 3.42. The van der Waals surface area contributed by atoms with Gasteiger partial charge in [-0.1, -0.05) is 28.1 Å². The molecule has 0 aliphatic carbocycles. The van der Waals surface area contributed by atoms with Gasteiger partial charge in [-0.2, -0.15) is 5.26 Å². The standard InChI is InChI=1S/C18H16BrNO2/c1-12-8-17(21-2)18(22-3)10-14(12)9-15(11-20)13-4-6-16(19)7-5-13/h4-10H,1-3H3/b15-9-. The number of nitriles is 1. The number of ether oxygens (including phenoxy) is 2. The van der Waals surface area contributed by atoms with Gasteiger partial charge in [0.2, 0.25) is 0 Å². The van der Waals surface area contributed by atoms with Crippen LogP contribution in [0.3, 0.4) is 0 Å². The zero-order valence-corrected chi connectivity index (χ0v) is 14.3. The molecule has 0 unspecified atom stereocenters. The first-order chi connectivity index (χ1) is 10.6. The molecule has 0 aliphatic heterocycles. The Balaban J connectivity index is 2.50. The van der Waals surface area contributed by atoms with Crippen molar-refractivity contribution in [2.45, 2.75) is 6.92 Å². The average molecular weight is 358 g/mol. The van der Waals surface area contributed by atoms with Crippen LogP contribution < -0.4 is 9.47 Å². The van der Waals surface area contributed by atoms with E-state index in [0.29, 0.717) is 17.1 Å². The van der Waals surface area contributed by atoms with E-state index >= 15 is 0 Å². The summed E-state index contributed by atoms with van der Waals surface area (Å²) in [7, 11) is 3.20. The number of aryl methyl sites for hydroxylation is 1. The Hall–Kier alpha value is -2.25. The average Bonchev–Trinajstić information content (AvgIpc) is 2.54. The molecule has 2 aromatic carbocycles. The lowest BCUT2D eigenvalue weighted by Crippen LogP contribution is -1.93. The summed E-state index contributed by atoms with van der Waals surface area (Å²) in [5, 5.41) is 9.44. The van der Waals surface area contributed by atoms with E-state index in [9.17, 15) is 5.26 Å². The summed E-state index contributed by atoms with van der Waals surface area (Å²) in [5.74, 6) is 1.33. The maximum absolute atomic E-state index is 9.44. The van der Waals surface area contributed by atoms with Crippen LogP contribution in [0.4, 0.5) is 0 Å². The van der Waals surface area contributed by atoms with Gasteiger partial charge in [0, 0.05) is 4.47 Å². The van der Waals surface area contributed by atoms with E-state index in [1.807, 2.05) is 49.4 Å². The van der Waals surface area contributed by atoms with Gasteiger partial charge >= 0.3 is 0 Å². The molecule has 0 bridgehead atoms. The first-order valence-electron chi connectivity index (χ1n) is 6.69. The highest BCUT2D eigenvalue weighted by Crippen LogP contribution is 2.32. The maximum atomic E-state index is 9.44. The van der Waals surface area contributed by atoms with Gasteiger partial charge in [0.15, 0.2) is 11.5 Å². The van der Waals surface area contributed by atoms with Crippen LogP contribution >= 0.6 is 15.9 Å². The molecule has 0 aromatic heterocycles. The summed E-state index contributed by atoms with van der Waals surface area (Å²) in [6.45, 7) is 1.98. The number of halogens is 1. The van der Waals surface area contributed by atoms with E-state index in [0.717, 1.165) is 21.2 Å². The van der Waals surface area contributed by atoms with Crippen LogP contribution in [0.25, 0.3) is 11.6 Å². The molecule has 3 nitrogen and oxygen atoms in total. The van der Waals surface area contributed by atoms with Crippen LogP contribution in [0, 0.1) is 18.3 Å². The number of rotatable bonds is 4. The molecule has 0 amide bonds. The normalized spacial score (nSPS) is 11.0. The molecular weight excluding hydrogens is 342 g/mol. The lowest BCUT2D eigenvalue weighted by molar-refractivity contribution is 0.354. The van der Waals surface area contributed by atoms with E-state index < -0.39 is 0 Å². The Kier molecular flexibility index (Phi) is 5.24. The zero-order valence-electron chi connectivity index (χ0n) is 12.7. The fourth-order valence-electron chi connectivity index (χ4n) is 2.12. The summed E-state index contributed by atoms with van der Waals surface area (Å²) < 4.78 is 11.6. The molecule has 0 saturated carbocycles. The lowest BCUT2D eigenvalue weighted by atomic mass is 10.0. The molecule has 4 heteroatoms. The minimum atomic E-state index is 0.600. The van der Waals surface area contributed by atoms with Gasteiger partial charge in [-0.05, 0) is 54.0 Å². The SMILES string of the molecule is COc1cc(C)c(/C=C(/C#N)c2ccc(Br)cc2)cc1OC. The fraction of sp³-hybridized carbons (Fsp3) is 0.167. The molecule has 0 radical (unpaired) electrons. The van der Waals surface area contributed by atoms with Gasteiger partial charge in [0.25, 0.3) is 0 Å². The molecule has 0 fully saturated rings. The number of allylic oxidation sites excluding steroid dienone is 1. The molecule has 0 heterocycles. The van der Waals surface area contributed by atoms with Crippen LogP contribution in [-0.4, -0.2) is 14.2 Å². The molecule has 0 saturated heterocycles. The fourth-order valence-corrected chi connectivity index (χ4v) is 2.38. The van der Waals surface area contributed by atoms with Crippen molar-refractivity contribution in [3.8, 4) is 17.6 Å². The third-order valence-corrected chi connectivity index (χ3v) is 3.88. The first kappa shape index (κ1) is 16.1. The Bertz CT molecular complexity index is 743. The second-order valence-corrected chi connectivity index (χ2v) is 5.66. The number of hydrogen-bond acceptors (Lipinski definition) is 3. The van der Waals surface area contributed by atoms with Crippen molar-refractivity contribution in [1.82, 2.24) is 0 Å². The van der Waals surface area contributed by atoms with Crippen molar-refractivity contribution in [2.24, 2.45) is 0 Å². The largest absolute Gasteiger partial charge is 0.493 e. The number of benzene rings is 2. The van der Waals surface area contributed by atoms with Gasteiger partial charge in [-0.25, -0.2) is 0 Å². The highest BCUT2D eigenvalue weighted by molar-refractivity contribution is 9.10.